The fourth-order valence-electron chi connectivity index (χ4n) is 3.82. The number of hydrogen-bond acceptors (Lipinski definition) is 6. The van der Waals surface area contributed by atoms with E-state index in [1.165, 1.54) is 10.4 Å². The Balaban J connectivity index is 1.38. The molecule has 7 nitrogen and oxygen atoms in total. The molecule has 3 aromatic rings. The third-order valence-electron chi connectivity index (χ3n) is 5.66. The van der Waals surface area contributed by atoms with E-state index in [1.807, 2.05) is 61.5 Å². The number of thiophene rings is 1. The van der Waals surface area contributed by atoms with Gasteiger partial charge in [-0.1, -0.05) is 37.3 Å². The summed E-state index contributed by atoms with van der Waals surface area (Å²) < 4.78 is 33.7. The molecule has 0 spiro atoms. The first-order valence-electron chi connectivity index (χ1n) is 11.4. The zero-order valence-electron chi connectivity index (χ0n) is 19.1. The number of anilines is 1. The number of piperazine rings is 1. The van der Waals surface area contributed by atoms with Crippen molar-refractivity contribution in [3.63, 3.8) is 0 Å². The molecule has 1 amide bonds. The molecule has 0 atom stereocenters. The van der Waals surface area contributed by atoms with E-state index in [4.69, 9.17) is 4.74 Å². The lowest BCUT2D eigenvalue weighted by Gasteiger charge is -2.35. The lowest BCUT2D eigenvalue weighted by Crippen LogP contribution is -2.48. The van der Waals surface area contributed by atoms with Crippen molar-refractivity contribution in [1.82, 2.24) is 9.62 Å². The van der Waals surface area contributed by atoms with Crippen LogP contribution in [0.2, 0.25) is 0 Å². The summed E-state index contributed by atoms with van der Waals surface area (Å²) in [5, 5.41) is 4.50. The number of rotatable bonds is 9. The minimum Gasteiger partial charge on any atom is -0.494 e. The summed E-state index contributed by atoms with van der Waals surface area (Å²) in [5.74, 6) is 0.402. The van der Waals surface area contributed by atoms with Crippen LogP contribution in [0.4, 0.5) is 5.69 Å². The SMILES string of the molecule is CCCOc1ccc(CNC(=O)c2sccc2S(=O)(=O)N2CCN(c3ccccc3)CC2)cc1. The second-order valence-corrected chi connectivity index (χ2v) is 10.8. The predicted octanol–water partition coefficient (Wildman–Crippen LogP) is 3.98. The van der Waals surface area contributed by atoms with E-state index in [0.29, 0.717) is 39.3 Å². The zero-order chi connectivity index (χ0) is 24.0. The molecule has 2 aromatic carbocycles. The molecule has 1 aliphatic heterocycles. The van der Waals surface area contributed by atoms with Crippen molar-refractivity contribution >= 4 is 33.0 Å². The average Bonchev–Trinajstić information content (AvgIpc) is 3.38. The Morgan fingerprint density at radius 3 is 2.38 bits per heavy atom. The summed E-state index contributed by atoms with van der Waals surface area (Å²) in [6.45, 7) is 4.97. The fourth-order valence-corrected chi connectivity index (χ4v) is 6.56. The first-order valence-corrected chi connectivity index (χ1v) is 13.7. The van der Waals surface area contributed by atoms with Crippen LogP contribution in [0.25, 0.3) is 0 Å². The van der Waals surface area contributed by atoms with Crippen LogP contribution in [0.5, 0.6) is 5.75 Å². The molecule has 4 rings (SSSR count). The number of para-hydroxylation sites is 1. The van der Waals surface area contributed by atoms with Gasteiger partial charge in [-0.2, -0.15) is 4.31 Å². The van der Waals surface area contributed by atoms with Crippen molar-refractivity contribution in [2.75, 3.05) is 37.7 Å². The third-order valence-corrected chi connectivity index (χ3v) is 8.65. The van der Waals surface area contributed by atoms with Gasteiger partial charge in [-0.15, -0.1) is 11.3 Å². The molecule has 1 saturated heterocycles. The van der Waals surface area contributed by atoms with Gasteiger partial charge in [0.15, 0.2) is 0 Å². The molecule has 0 bridgehead atoms. The van der Waals surface area contributed by atoms with Gasteiger partial charge in [-0.05, 0) is 47.7 Å². The Morgan fingerprint density at radius 1 is 1.00 bits per heavy atom. The number of carbonyl (C=O) groups is 1. The van der Waals surface area contributed by atoms with Crippen LogP contribution in [0.3, 0.4) is 0 Å². The van der Waals surface area contributed by atoms with Gasteiger partial charge < -0.3 is 15.0 Å². The number of hydrogen-bond donors (Lipinski definition) is 1. The van der Waals surface area contributed by atoms with Crippen LogP contribution in [-0.4, -0.2) is 51.4 Å². The number of benzene rings is 2. The quantitative estimate of drug-likeness (QED) is 0.482. The molecule has 1 N–H and O–H groups in total. The van der Waals surface area contributed by atoms with E-state index in [-0.39, 0.29) is 15.7 Å². The summed E-state index contributed by atoms with van der Waals surface area (Å²) in [5.41, 5.74) is 2.00. The van der Waals surface area contributed by atoms with E-state index in [1.54, 1.807) is 5.38 Å². The molecule has 1 aromatic heterocycles. The van der Waals surface area contributed by atoms with Crippen molar-refractivity contribution in [2.24, 2.45) is 0 Å². The van der Waals surface area contributed by atoms with E-state index in [0.717, 1.165) is 34.8 Å². The fraction of sp³-hybridized carbons (Fsp3) is 0.320. The van der Waals surface area contributed by atoms with Gasteiger partial charge in [0.1, 0.15) is 15.5 Å². The van der Waals surface area contributed by atoms with Crippen LogP contribution >= 0.6 is 11.3 Å². The standard InChI is InChI=1S/C25H29N3O4S2/c1-2-17-32-22-10-8-20(9-11-22)19-26-25(29)24-23(12-18-33-24)34(30,31)28-15-13-27(14-16-28)21-6-4-3-5-7-21/h3-12,18H,2,13-17,19H2,1H3,(H,26,29). The maximum Gasteiger partial charge on any atom is 0.263 e. The van der Waals surface area contributed by atoms with Gasteiger partial charge in [-0.3, -0.25) is 4.79 Å². The van der Waals surface area contributed by atoms with Gasteiger partial charge in [0.25, 0.3) is 5.91 Å². The van der Waals surface area contributed by atoms with Gasteiger partial charge in [0.05, 0.1) is 6.61 Å². The van der Waals surface area contributed by atoms with Crippen molar-refractivity contribution < 1.29 is 17.9 Å². The summed E-state index contributed by atoms with van der Waals surface area (Å²) in [7, 11) is -3.76. The lowest BCUT2D eigenvalue weighted by molar-refractivity contribution is 0.0952. The number of nitrogens with one attached hydrogen (secondary N) is 1. The summed E-state index contributed by atoms with van der Waals surface area (Å²) in [4.78, 5) is 15.3. The normalized spacial score (nSPS) is 14.7. The highest BCUT2D eigenvalue weighted by Crippen LogP contribution is 2.27. The largest absolute Gasteiger partial charge is 0.494 e. The smallest absolute Gasteiger partial charge is 0.263 e. The number of nitrogens with zero attached hydrogens (tertiary/aromatic N) is 2. The van der Waals surface area contributed by atoms with Gasteiger partial charge in [0, 0.05) is 38.4 Å². The Labute approximate surface area is 205 Å². The minimum absolute atomic E-state index is 0.0754. The Kier molecular flexibility index (Phi) is 7.87. The van der Waals surface area contributed by atoms with Crippen molar-refractivity contribution in [2.45, 2.75) is 24.8 Å². The molecule has 0 radical (unpaired) electrons. The van der Waals surface area contributed by atoms with E-state index in [9.17, 15) is 13.2 Å². The maximum atomic E-state index is 13.3. The van der Waals surface area contributed by atoms with Crippen LogP contribution in [0.15, 0.2) is 70.9 Å². The lowest BCUT2D eigenvalue weighted by atomic mass is 10.2. The molecule has 1 aliphatic rings. The Hall–Kier alpha value is -2.88. The van der Waals surface area contributed by atoms with Crippen LogP contribution in [0.1, 0.15) is 28.6 Å². The second-order valence-electron chi connectivity index (χ2n) is 8.02. The number of sulfonamides is 1. The molecule has 180 valence electrons. The summed E-state index contributed by atoms with van der Waals surface area (Å²) in [6.07, 6.45) is 0.937. The number of amides is 1. The summed E-state index contributed by atoms with van der Waals surface area (Å²) in [6, 6.07) is 19.0. The number of carbonyl (C=O) groups excluding carboxylic acids is 1. The second kappa shape index (κ2) is 11.0. The predicted molar refractivity (Wildman–Crippen MR) is 135 cm³/mol. The van der Waals surface area contributed by atoms with Gasteiger partial charge in [0.2, 0.25) is 10.0 Å². The molecule has 9 heteroatoms. The first kappa shape index (κ1) is 24.3. The monoisotopic (exact) mass is 499 g/mol. The Bertz CT molecular complexity index is 1190. The first-order chi connectivity index (χ1) is 16.5. The average molecular weight is 500 g/mol. The molecule has 1 fully saturated rings. The Morgan fingerprint density at radius 2 is 1.71 bits per heavy atom. The van der Waals surface area contributed by atoms with Gasteiger partial charge >= 0.3 is 0 Å². The molecule has 2 heterocycles. The number of ether oxygens (including phenoxy) is 1. The van der Waals surface area contributed by atoms with Crippen LogP contribution < -0.4 is 15.0 Å². The summed E-state index contributed by atoms with van der Waals surface area (Å²) >= 11 is 1.14. The minimum atomic E-state index is -3.76. The molecule has 0 aliphatic carbocycles. The topological polar surface area (TPSA) is 78.9 Å². The van der Waals surface area contributed by atoms with Gasteiger partial charge in [-0.25, -0.2) is 8.42 Å². The molecule has 34 heavy (non-hydrogen) atoms. The van der Waals surface area contributed by atoms with E-state index in [2.05, 4.69) is 10.2 Å². The van der Waals surface area contributed by atoms with Crippen molar-refractivity contribution in [3.05, 3.63) is 76.5 Å². The van der Waals surface area contributed by atoms with Crippen molar-refractivity contribution in [1.29, 1.82) is 0 Å². The van der Waals surface area contributed by atoms with E-state index < -0.39 is 10.0 Å². The molecular formula is C25H29N3O4S2. The molecule has 0 unspecified atom stereocenters. The third kappa shape index (κ3) is 5.60. The highest BCUT2D eigenvalue weighted by molar-refractivity contribution is 7.89. The molecule has 0 saturated carbocycles. The highest BCUT2D eigenvalue weighted by atomic mass is 32.2. The van der Waals surface area contributed by atoms with E-state index >= 15 is 0 Å². The van der Waals surface area contributed by atoms with Crippen molar-refractivity contribution in [3.8, 4) is 5.75 Å². The highest BCUT2D eigenvalue weighted by Gasteiger charge is 2.32. The van der Waals surface area contributed by atoms with Crippen LogP contribution in [-0.2, 0) is 16.6 Å². The van der Waals surface area contributed by atoms with Crippen LogP contribution in [0, 0.1) is 0 Å². The molecular weight excluding hydrogens is 470 g/mol. The zero-order valence-corrected chi connectivity index (χ0v) is 20.8. The maximum absolute atomic E-state index is 13.3.